The van der Waals surface area contributed by atoms with Crippen molar-refractivity contribution in [2.75, 3.05) is 13.7 Å². The maximum Gasteiger partial charge on any atom is 0.363 e. The Morgan fingerprint density at radius 3 is 2.65 bits per heavy atom. The summed E-state index contributed by atoms with van der Waals surface area (Å²) >= 11 is 3.44. The van der Waals surface area contributed by atoms with Gasteiger partial charge in [0.1, 0.15) is 5.82 Å². The molecule has 0 unspecified atom stereocenters. The van der Waals surface area contributed by atoms with Crippen molar-refractivity contribution in [3.05, 3.63) is 63.5 Å². The van der Waals surface area contributed by atoms with Gasteiger partial charge in [-0.3, -0.25) is 0 Å². The molecule has 5 nitrogen and oxygen atoms in total. The largest absolute Gasteiger partial charge is 0.493 e. The van der Waals surface area contributed by atoms with E-state index in [2.05, 4.69) is 20.9 Å². The minimum Gasteiger partial charge on any atom is -0.493 e. The molecule has 134 valence electrons. The molecule has 0 aliphatic carbocycles. The zero-order chi connectivity index (χ0) is 18.7. The van der Waals surface area contributed by atoms with E-state index in [1.807, 2.05) is 6.92 Å². The van der Waals surface area contributed by atoms with Gasteiger partial charge in [-0.1, -0.05) is 0 Å². The molecule has 0 N–H and O–H groups in total. The van der Waals surface area contributed by atoms with Crippen LogP contribution in [0.3, 0.4) is 0 Å². The van der Waals surface area contributed by atoms with E-state index in [0.717, 1.165) is 0 Å². The molecule has 0 spiro atoms. The number of rotatable bonds is 5. The van der Waals surface area contributed by atoms with Gasteiger partial charge in [0.05, 0.1) is 18.2 Å². The van der Waals surface area contributed by atoms with Gasteiger partial charge in [-0.25, -0.2) is 14.2 Å². The number of halogens is 2. The van der Waals surface area contributed by atoms with Crippen LogP contribution in [0, 0.1) is 5.82 Å². The predicted molar refractivity (Wildman–Crippen MR) is 98.9 cm³/mol. The van der Waals surface area contributed by atoms with Crippen LogP contribution in [0.25, 0.3) is 6.08 Å². The van der Waals surface area contributed by atoms with Gasteiger partial charge in [0.15, 0.2) is 17.2 Å². The summed E-state index contributed by atoms with van der Waals surface area (Å²) in [5.74, 6) is 0.302. The molecule has 2 aromatic carbocycles. The summed E-state index contributed by atoms with van der Waals surface area (Å²) in [7, 11) is 1.54. The third-order valence-electron chi connectivity index (χ3n) is 3.56. The summed E-state index contributed by atoms with van der Waals surface area (Å²) in [6, 6.07) is 9.09. The normalized spacial score (nSPS) is 15.0. The smallest absolute Gasteiger partial charge is 0.363 e. The number of carbonyl (C=O) groups excluding carboxylic acids is 1. The topological polar surface area (TPSA) is 57.1 Å². The van der Waals surface area contributed by atoms with Gasteiger partial charge in [-0.05, 0) is 70.9 Å². The SMILES string of the molecule is CCOc1c(Br)cc(C=C2N=C(c3ccc(F)cc3)OC2=O)cc1OC. The molecule has 7 heteroatoms. The van der Waals surface area contributed by atoms with Crippen LogP contribution in [-0.4, -0.2) is 25.6 Å². The van der Waals surface area contributed by atoms with Crippen molar-refractivity contribution >= 4 is 33.9 Å². The van der Waals surface area contributed by atoms with Gasteiger partial charge in [0.25, 0.3) is 0 Å². The van der Waals surface area contributed by atoms with Crippen molar-refractivity contribution in [2.24, 2.45) is 4.99 Å². The van der Waals surface area contributed by atoms with Gasteiger partial charge in [0, 0.05) is 5.56 Å². The molecule has 1 heterocycles. The first-order valence-electron chi connectivity index (χ1n) is 7.80. The molecule has 0 atom stereocenters. The van der Waals surface area contributed by atoms with Crippen molar-refractivity contribution in [1.82, 2.24) is 0 Å². The monoisotopic (exact) mass is 419 g/mol. The number of esters is 1. The molecule has 0 amide bonds. The Morgan fingerprint density at radius 1 is 1.27 bits per heavy atom. The van der Waals surface area contributed by atoms with Gasteiger partial charge < -0.3 is 14.2 Å². The molecule has 1 aliphatic rings. The first-order chi connectivity index (χ1) is 12.5. The molecule has 0 fully saturated rings. The average Bonchev–Trinajstić information content (AvgIpc) is 2.98. The number of aliphatic imine (C=N–C) groups is 1. The fourth-order valence-electron chi connectivity index (χ4n) is 2.39. The van der Waals surface area contributed by atoms with Crippen molar-refractivity contribution < 1.29 is 23.4 Å². The minimum absolute atomic E-state index is 0.137. The highest BCUT2D eigenvalue weighted by atomic mass is 79.9. The van der Waals surface area contributed by atoms with Crippen LogP contribution in [0.5, 0.6) is 11.5 Å². The molecule has 2 aromatic rings. The third kappa shape index (κ3) is 3.77. The summed E-state index contributed by atoms with van der Waals surface area (Å²) in [5, 5.41) is 0. The second kappa shape index (κ2) is 7.70. The number of ether oxygens (including phenoxy) is 3. The number of methoxy groups -OCH3 is 1. The summed E-state index contributed by atoms with van der Waals surface area (Å²) in [5.41, 5.74) is 1.35. The first-order valence-corrected chi connectivity index (χ1v) is 8.60. The van der Waals surface area contributed by atoms with E-state index in [0.29, 0.717) is 33.7 Å². The van der Waals surface area contributed by atoms with Crippen LogP contribution >= 0.6 is 15.9 Å². The Labute approximate surface area is 158 Å². The predicted octanol–water partition coefficient (Wildman–Crippen LogP) is 4.34. The molecule has 0 saturated carbocycles. The lowest BCUT2D eigenvalue weighted by Gasteiger charge is -2.12. The Hall–Kier alpha value is -2.67. The van der Waals surface area contributed by atoms with E-state index in [4.69, 9.17) is 14.2 Å². The number of hydrogen-bond acceptors (Lipinski definition) is 5. The van der Waals surface area contributed by atoms with Crippen LogP contribution in [0.4, 0.5) is 4.39 Å². The lowest BCUT2D eigenvalue weighted by molar-refractivity contribution is -0.129. The van der Waals surface area contributed by atoms with Gasteiger partial charge >= 0.3 is 5.97 Å². The summed E-state index contributed by atoms with van der Waals surface area (Å²) in [4.78, 5) is 16.3. The second-order valence-electron chi connectivity index (χ2n) is 5.31. The number of hydrogen-bond donors (Lipinski definition) is 0. The maximum atomic E-state index is 13.0. The van der Waals surface area contributed by atoms with Crippen molar-refractivity contribution in [1.29, 1.82) is 0 Å². The molecular weight excluding hydrogens is 405 g/mol. The standard InChI is InChI=1S/C19H15BrFNO4/c1-3-25-17-14(20)8-11(10-16(17)24-2)9-15-19(23)26-18(22-15)12-4-6-13(21)7-5-12/h4-10H,3H2,1-2H3. The molecule has 0 bridgehead atoms. The van der Waals surface area contributed by atoms with Crippen LogP contribution in [-0.2, 0) is 9.53 Å². The van der Waals surface area contributed by atoms with Crippen LogP contribution in [0.15, 0.2) is 51.6 Å². The minimum atomic E-state index is -0.576. The first kappa shape index (κ1) is 18.1. The zero-order valence-corrected chi connectivity index (χ0v) is 15.7. The van der Waals surface area contributed by atoms with Crippen LogP contribution < -0.4 is 9.47 Å². The Morgan fingerprint density at radius 2 is 2.00 bits per heavy atom. The maximum absolute atomic E-state index is 13.0. The average molecular weight is 420 g/mol. The summed E-state index contributed by atoms with van der Waals surface area (Å²) in [6.07, 6.45) is 1.59. The van der Waals surface area contributed by atoms with Crippen LogP contribution in [0.1, 0.15) is 18.1 Å². The van der Waals surface area contributed by atoms with Crippen molar-refractivity contribution in [3.8, 4) is 11.5 Å². The number of benzene rings is 2. The molecular formula is C19H15BrFNO4. The molecule has 0 aromatic heterocycles. The summed E-state index contributed by atoms with van der Waals surface area (Å²) < 4.78 is 29.8. The molecule has 3 rings (SSSR count). The lowest BCUT2D eigenvalue weighted by atomic mass is 10.1. The number of cyclic esters (lactones) is 1. The molecule has 0 radical (unpaired) electrons. The molecule has 0 saturated heterocycles. The Balaban J connectivity index is 1.95. The van der Waals surface area contributed by atoms with Gasteiger partial charge in [0.2, 0.25) is 5.90 Å². The molecule has 26 heavy (non-hydrogen) atoms. The fourth-order valence-corrected chi connectivity index (χ4v) is 2.96. The van der Waals surface area contributed by atoms with Gasteiger partial charge in [-0.15, -0.1) is 0 Å². The summed E-state index contributed by atoms with van der Waals surface area (Å²) in [6.45, 7) is 2.37. The van der Waals surface area contributed by atoms with Crippen molar-refractivity contribution in [2.45, 2.75) is 6.92 Å². The highest BCUT2D eigenvalue weighted by Crippen LogP contribution is 2.37. The Bertz CT molecular complexity index is 907. The highest BCUT2D eigenvalue weighted by molar-refractivity contribution is 9.10. The lowest BCUT2D eigenvalue weighted by Crippen LogP contribution is -2.05. The van der Waals surface area contributed by atoms with E-state index in [1.165, 1.54) is 31.4 Å². The van der Waals surface area contributed by atoms with E-state index in [-0.39, 0.29) is 17.4 Å². The number of carbonyl (C=O) groups is 1. The number of nitrogens with zero attached hydrogens (tertiary/aromatic N) is 1. The van der Waals surface area contributed by atoms with Crippen LogP contribution in [0.2, 0.25) is 0 Å². The van der Waals surface area contributed by atoms with E-state index >= 15 is 0 Å². The zero-order valence-electron chi connectivity index (χ0n) is 14.1. The van der Waals surface area contributed by atoms with Gasteiger partial charge in [-0.2, -0.15) is 0 Å². The quantitative estimate of drug-likeness (QED) is 0.534. The fraction of sp³-hybridized carbons (Fsp3) is 0.158. The second-order valence-corrected chi connectivity index (χ2v) is 6.16. The van der Waals surface area contributed by atoms with E-state index in [9.17, 15) is 9.18 Å². The third-order valence-corrected chi connectivity index (χ3v) is 4.14. The van der Waals surface area contributed by atoms with E-state index < -0.39 is 5.97 Å². The van der Waals surface area contributed by atoms with E-state index in [1.54, 1.807) is 18.2 Å². The van der Waals surface area contributed by atoms with Crippen molar-refractivity contribution in [3.63, 3.8) is 0 Å². The molecule has 1 aliphatic heterocycles. The Kier molecular flexibility index (Phi) is 5.37. The highest BCUT2D eigenvalue weighted by Gasteiger charge is 2.24.